The van der Waals surface area contributed by atoms with Crippen LogP contribution in [0.15, 0.2) is 78.9 Å². The molecule has 0 aliphatic heterocycles. The quantitative estimate of drug-likeness (QED) is 0.405. The normalized spacial score (nSPS) is 10.1. The number of amides is 2. The van der Waals surface area contributed by atoms with Crippen molar-refractivity contribution in [1.29, 1.82) is 0 Å². The molecule has 0 fully saturated rings. The van der Waals surface area contributed by atoms with E-state index in [1.807, 2.05) is 6.07 Å². The van der Waals surface area contributed by atoms with Gasteiger partial charge in [-0.25, -0.2) is 4.79 Å². The van der Waals surface area contributed by atoms with Gasteiger partial charge in [-0.1, -0.05) is 18.2 Å². The summed E-state index contributed by atoms with van der Waals surface area (Å²) in [5.41, 5.74) is 8.04. The van der Waals surface area contributed by atoms with E-state index in [1.54, 1.807) is 48.5 Å². The molecular formula is C22H19N3O4. The lowest BCUT2D eigenvalue weighted by molar-refractivity contribution is -0.134. The predicted octanol–water partition coefficient (Wildman–Crippen LogP) is 3.36. The molecule has 0 saturated carbocycles. The molecule has 0 aromatic heterocycles. The fourth-order valence-electron chi connectivity index (χ4n) is 2.68. The number of ether oxygens (including phenoxy) is 1. The van der Waals surface area contributed by atoms with Gasteiger partial charge < -0.3 is 15.8 Å². The van der Waals surface area contributed by atoms with Gasteiger partial charge in [0.2, 0.25) is 0 Å². The number of nitrogens with zero attached hydrogens (tertiary/aromatic N) is 1. The molecule has 0 heterocycles. The van der Waals surface area contributed by atoms with Crippen molar-refractivity contribution in [3.8, 4) is 0 Å². The summed E-state index contributed by atoms with van der Waals surface area (Å²) in [6.07, 6.45) is 0. The second-order valence-corrected chi connectivity index (χ2v) is 6.09. The molecule has 3 aromatic carbocycles. The Balaban J connectivity index is 1.84. The molecule has 3 aromatic rings. The summed E-state index contributed by atoms with van der Waals surface area (Å²) in [7, 11) is 1.28. The van der Waals surface area contributed by atoms with Crippen molar-refractivity contribution in [2.45, 2.75) is 0 Å². The van der Waals surface area contributed by atoms with Crippen molar-refractivity contribution < 1.29 is 19.1 Å². The van der Waals surface area contributed by atoms with Crippen LogP contribution in [-0.2, 0) is 14.3 Å². The Hall–Kier alpha value is -4.13. The van der Waals surface area contributed by atoms with Gasteiger partial charge in [0, 0.05) is 22.7 Å². The zero-order chi connectivity index (χ0) is 20.8. The van der Waals surface area contributed by atoms with Crippen LogP contribution in [0.25, 0.3) is 0 Å². The molecule has 0 atom stereocenters. The van der Waals surface area contributed by atoms with E-state index in [1.165, 1.54) is 36.3 Å². The molecule has 0 saturated heterocycles. The van der Waals surface area contributed by atoms with Crippen LogP contribution in [0.1, 0.15) is 10.4 Å². The highest BCUT2D eigenvalue weighted by molar-refractivity contribution is 6.45. The number of hydrogen-bond donors (Lipinski definition) is 2. The predicted molar refractivity (Wildman–Crippen MR) is 111 cm³/mol. The van der Waals surface area contributed by atoms with Crippen LogP contribution in [0.4, 0.5) is 22.7 Å². The third kappa shape index (κ3) is 4.59. The van der Waals surface area contributed by atoms with Crippen LogP contribution >= 0.6 is 0 Å². The molecular weight excluding hydrogens is 370 g/mol. The molecule has 3 N–H and O–H groups in total. The molecule has 0 radical (unpaired) electrons. The van der Waals surface area contributed by atoms with Gasteiger partial charge in [0.15, 0.2) is 0 Å². The minimum Gasteiger partial charge on any atom is -0.465 e. The summed E-state index contributed by atoms with van der Waals surface area (Å²) in [5.74, 6) is -2.08. The van der Waals surface area contributed by atoms with Crippen LogP contribution in [0, 0.1) is 0 Å². The number of hydrogen-bond acceptors (Lipinski definition) is 5. The second-order valence-electron chi connectivity index (χ2n) is 6.09. The number of nitrogens with two attached hydrogens (primary N) is 1. The number of nitrogens with one attached hydrogen (secondary N) is 1. The Morgan fingerprint density at radius 3 is 2.00 bits per heavy atom. The van der Waals surface area contributed by atoms with E-state index in [-0.39, 0.29) is 0 Å². The van der Waals surface area contributed by atoms with Crippen molar-refractivity contribution in [3.63, 3.8) is 0 Å². The molecule has 3 rings (SSSR count). The fourth-order valence-corrected chi connectivity index (χ4v) is 2.68. The van der Waals surface area contributed by atoms with E-state index >= 15 is 0 Å². The zero-order valence-electron chi connectivity index (χ0n) is 15.7. The summed E-state index contributed by atoms with van der Waals surface area (Å²) in [4.78, 5) is 38.4. The fraction of sp³-hybridized carbons (Fsp3) is 0.0455. The number of rotatable bonds is 4. The molecule has 2 amide bonds. The minimum atomic E-state index is -0.823. The highest BCUT2D eigenvalue weighted by Crippen LogP contribution is 2.26. The van der Waals surface area contributed by atoms with Crippen molar-refractivity contribution in [3.05, 3.63) is 84.4 Å². The van der Waals surface area contributed by atoms with Gasteiger partial charge in [0.1, 0.15) is 0 Å². The maximum atomic E-state index is 13.0. The van der Waals surface area contributed by atoms with Gasteiger partial charge in [-0.2, -0.15) is 0 Å². The average Bonchev–Trinajstić information content (AvgIpc) is 2.76. The van der Waals surface area contributed by atoms with Gasteiger partial charge >= 0.3 is 17.8 Å². The largest absolute Gasteiger partial charge is 0.465 e. The summed E-state index contributed by atoms with van der Waals surface area (Å²) in [5, 5.41) is 2.55. The summed E-state index contributed by atoms with van der Waals surface area (Å²) in [6.45, 7) is 0. The molecule has 0 aliphatic carbocycles. The van der Waals surface area contributed by atoms with E-state index in [0.29, 0.717) is 28.3 Å². The molecule has 0 aliphatic rings. The van der Waals surface area contributed by atoms with Crippen molar-refractivity contribution >= 4 is 40.5 Å². The Morgan fingerprint density at radius 2 is 1.41 bits per heavy atom. The Labute approximate surface area is 167 Å². The maximum absolute atomic E-state index is 13.0. The molecule has 146 valence electrons. The third-order valence-electron chi connectivity index (χ3n) is 4.13. The van der Waals surface area contributed by atoms with E-state index in [9.17, 15) is 14.4 Å². The van der Waals surface area contributed by atoms with E-state index in [4.69, 9.17) is 5.73 Å². The molecule has 0 bridgehead atoms. The number of anilines is 4. The summed E-state index contributed by atoms with van der Waals surface area (Å²) < 4.78 is 4.64. The van der Waals surface area contributed by atoms with Crippen LogP contribution in [0.2, 0.25) is 0 Å². The number of para-hydroxylation sites is 1. The number of methoxy groups -OCH3 is 1. The van der Waals surface area contributed by atoms with Crippen LogP contribution < -0.4 is 16.0 Å². The highest BCUT2D eigenvalue weighted by atomic mass is 16.5. The van der Waals surface area contributed by atoms with Crippen molar-refractivity contribution in [2.75, 3.05) is 23.1 Å². The van der Waals surface area contributed by atoms with Gasteiger partial charge in [0.25, 0.3) is 0 Å². The first-order valence-electron chi connectivity index (χ1n) is 8.74. The van der Waals surface area contributed by atoms with Gasteiger partial charge in [0.05, 0.1) is 12.7 Å². The Bertz CT molecular complexity index is 1020. The molecule has 0 spiro atoms. The molecule has 7 nitrogen and oxygen atoms in total. The lowest BCUT2D eigenvalue weighted by Gasteiger charge is -2.22. The summed E-state index contributed by atoms with van der Waals surface area (Å²) >= 11 is 0. The monoisotopic (exact) mass is 389 g/mol. The van der Waals surface area contributed by atoms with Crippen LogP contribution in [0.3, 0.4) is 0 Å². The number of esters is 1. The lowest BCUT2D eigenvalue weighted by Crippen LogP contribution is -2.36. The first-order valence-corrected chi connectivity index (χ1v) is 8.74. The first-order chi connectivity index (χ1) is 14.0. The topological polar surface area (TPSA) is 102 Å². The van der Waals surface area contributed by atoms with E-state index in [2.05, 4.69) is 10.1 Å². The first kappa shape index (κ1) is 19.6. The van der Waals surface area contributed by atoms with E-state index in [0.717, 1.165) is 0 Å². The Morgan fingerprint density at radius 1 is 0.828 bits per heavy atom. The Kier molecular flexibility index (Phi) is 5.89. The van der Waals surface area contributed by atoms with Crippen molar-refractivity contribution in [2.24, 2.45) is 0 Å². The van der Waals surface area contributed by atoms with Crippen LogP contribution in [-0.4, -0.2) is 24.9 Å². The highest BCUT2D eigenvalue weighted by Gasteiger charge is 2.25. The van der Waals surface area contributed by atoms with Gasteiger partial charge in [-0.05, 0) is 60.7 Å². The number of carbonyl (C=O) groups excluding carboxylic acids is 3. The number of nitrogen functional groups attached to an aromatic ring is 1. The smallest absolute Gasteiger partial charge is 0.337 e. The zero-order valence-corrected chi connectivity index (χ0v) is 15.7. The standard InChI is InChI=1S/C22H19N3O4/c1-29-22(28)15-7-11-17(12-8-15)24-20(26)21(27)25(18-5-3-2-4-6-18)19-13-9-16(23)10-14-19/h2-14H,23H2,1H3,(H,24,26). The van der Waals surface area contributed by atoms with Gasteiger partial charge in [-0.3, -0.25) is 14.5 Å². The van der Waals surface area contributed by atoms with Crippen LogP contribution in [0.5, 0.6) is 0 Å². The number of carbonyl (C=O) groups is 3. The summed E-state index contributed by atoms with van der Waals surface area (Å²) in [6, 6.07) is 21.5. The second kappa shape index (κ2) is 8.71. The number of benzene rings is 3. The van der Waals surface area contributed by atoms with Gasteiger partial charge in [-0.15, -0.1) is 0 Å². The maximum Gasteiger partial charge on any atom is 0.337 e. The molecule has 7 heteroatoms. The van der Waals surface area contributed by atoms with E-state index < -0.39 is 17.8 Å². The lowest BCUT2D eigenvalue weighted by atomic mass is 10.2. The molecule has 0 unspecified atom stereocenters. The molecule has 29 heavy (non-hydrogen) atoms. The SMILES string of the molecule is COC(=O)c1ccc(NC(=O)C(=O)N(c2ccccc2)c2ccc(N)cc2)cc1. The average molecular weight is 389 g/mol. The minimum absolute atomic E-state index is 0.338. The third-order valence-corrected chi connectivity index (χ3v) is 4.13. The van der Waals surface area contributed by atoms with Crippen molar-refractivity contribution in [1.82, 2.24) is 0 Å².